The number of carbonyl (C=O) groups is 1. The Hall–Kier alpha value is -0.220. The first-order valence-electron chi connectivity index (χ1n) is 8.07. The summed E-state index contributed by atoms with van der Waals surface area (Å²) in [5.74, 6) is 0.667. The summed E-state index contributed by atoms with van der Waals surface area (Å²) < 4.78 is 11.5. The number of rotatable bonds is 3. The molecule has 4 fully saturated rings. The highest BCUT2D eigenvalue weighted by molar-refractivity contribution is 8.07. The molecule has 6 unspecified atom stereocenters. The highest BCUT2D eigenvalue weighted by atomic mass is 32.2. The van der Waals surface area contributed by atoms with Gasteiger partial charge in [-0.3, -0.25) is 4.79 Å². The van der Waals surface area contributed by atoms with Crippen LogP contribution in [0.3, 0.4) is 0 Å². The quantitative estimate of drug-likeness (QED) is 0.592. The third-order valence-corrected chi connectivity index (χ3v) is 7.16. The van der Waals surface area contributed by atoms with Gasteiger partial charge in [0.05, 0.1) is 18.1 Å². The highest BCUT2D eigenvalue weighted by Gasteiger charge is 2.50. The summed E-state index contributed by atoms with van der Waals surface area (Å²) >= 11 is 2.05. The topological polar surface area (TPSA) is 38.8 Å². The molecule has 4 rings (SSSR count). The molecule has 2 aliphatic heterocycles. The van der Waals surface area contributed by atoms with Crippen molar-refractivity contribution < 1.29 is 14.3 Å². The third-order valence-electron chi connectivity index (χ3n) is 5.69. The Morgan fingerprint density at radius 2 is 1.95 bits per heavy atom. The standard InChI is InChI=1S/C16H24O3S/c1-16(2,10-4-5-11-12(8-10)18-11)19-15(17)9-3-6-13-14(7-9)20-13/h9-14H,3-8H2,1-2H3. The van der Waals surface area contributed by atoms with Crippen molar-refractivity contribution >= 4 is 17.7 Å². The maximum absolute atomic E-state index is 12.4. The predicted octanol–water partition coefficient (Wildman–Crippen LogP) is 3.16. The molecule has 20 heavy (non-hydrogen) atoms. The van der Waals surface area contributed by atoms with Crippen LogP contribution in [0.25, 0.3) is 0 Å². The minimum Gasteiger partial charge on any atom is -0.459 e. The molecule has 112 valence electrons. The number of hydrogen-bond acceptors (Lipinski definition) is 4. The lowest BCUT2D eigenvalue weighted by molar-refractivity contribution is -0.168. The maximum atomic E-state index is 12.4. The molecule has 0 aromatic rings. The smallest absolute Gasteiger partial charge is 0.309 e. The highest BCUT2D eigenvalue weighted by Crippen LogP contribution is 2.53. The molecule has 0 spiro atoms. The van der Waals surface area contributed by atoms with Gasteiger partial charge in [-0.15, -0.1) is 0 Å². The summed E-state index contributed by atoms with van der Waals surface area (Å²) in [6, 6.07) is 0. The van der Waals surface area contributed by atoms with Gasteiger partial charge in [0.2, 0.25) is 0 Å². The molecule has 2 saturated carbocycles. The zero-order chi connectivity index (χ0) is 13.9. The Morgan fingerprint density at radius 1 is 1.10 bits per heavy atom. The summed E-state index contributed by atoms with van der Waals surface area (Å²) in [6.07, 6.45) is 7.58. The monoisotopic (exact) mass is 296 g/mol. The van der Waals surface area contributed by atoms with E-state index in [-0.39, 0.29) is 17.5 Å². The van der Waals surface area contributed by atoms with E-state index in [1.165, 1.54) is 6.42 Å². The van der Waals surface area contributed by atoms with Crippen LogP contribution in [0.4, 0.5) is 0 Å². The van der Waals surface area contributed by atoms with Gasteiger partial charge in [0.25, 0.3) is 0 Å². The van der Waals surface area contributed by atoms with Gasteiger partial charge in [0.1, 0.15) is 5.60 Å². The number of esters is 1. The molecule has 6 atom stereocenters. The Morgan fingerprint density at radius 3 is 2.70 bits per heavy atom. The zero-order valence-corrected chi connectivity index (χ0v) is 13.2. The minimum absolute atomic E-state index is 0.0554. The number of fused-ring (bicyclic) bond motifs is 2. The molecule has 0 radical (unpaired) electrons. The second-order valence-electron chi connectivity index (χ2n) is 7.47. The minimum atomic E-state index is -0.332. The Balaban J connectivity index is 1.35. The van der Waals surface area contributed by atoms with Crippen LogP contribution < -0.4 is 0 Å². The fourth-order valence-electron chi connectivity index (χ4n) is 4.08. The Labute approximate surface area is 125 Å². The molecule has 0 aromatic heterocycles. The molecule has 3 nitrogen and oxygen atoms in total. The predicted molar refractivity (Wildman–Crippen MR) is 78.7 cm³/mol. The molecule has 2 heterocycles. The molecule has 0 bridgehead atoms. The number of hydrogen-bond donors (Lipinski definition) is 0. The number of carbonyl (C=O) groups excluding carboxylic acids is 1. The largest absolute Gasteiger partial charge is 0.459 e. The molecule has 4 heteroatoms. The molecule has 0 aromatic carbocycles. The van der Waals surface area contributed by atoms with Crippen LogP contribution in [0, 0.1) is 11.8 Å². The zero-order valence-electron chi connectivity index (χ0n) is 12.3. The van der Waals surface area contributed by atoms with E-state index in [1.54, 1.807) is 0 Å². The van der Waals surface area contributed by atoms with E-state index in [4.69, 9.17) is 9.47 Å². The third kappa shape index (κ3) is 2.50. The van der Waals surface area contributed by atoms with Gasteiger partial charge in [-0.2, -0.15) is 11.8 Å². The lowest BCUT2D eigenvalue weighted by Gasteiger charge is -2.36. The van der Waals surface area contributed by atoms with Gasteiger partial charge in [-0.05, 0) is 52.4 Å². The van der Waals surface area contributed by atoms with Gasteiger partial charge in [-0.25, -0.2) is 0 Å². The van der Waals surface area contributed by atoms with Crippen molar-refractivity contribution in [1.82, 2.24) is 0 Å². The molecular formula is C16H24O3S. The van der Waals surface area contributed by atoms with Crippen LogP contribution >= 0.6 is 11.8 Å². The van der Waals surface area contributed by atoms with Crippen molar-refractivity contribution in [2.75, 3.05) is 0 Å². The second kappa shape index (κ2) is 4.64. The SMILES string of the molecule is CC(C)(OC(=O)C1CCC2SC2C1)C1CCC2OC2C1. The van der Waals surface area contributed by atoms with Gasteiger partial charge < -0.3 is 9.47 Å². The van der Waals surface area contributed by atoms with Crippen LogP contribution in [0.15, 0.2) is 0 Å². The molecule has 2 aliphatic carbocycles. The van der Waals surface area contributed by atoms with Crippen molar-refractivity contribution in [3.05, 3.63) is 0 Å². The number of ether oxygens (including phenoxy) is 2. The van der Waals surface area contributed by atoms with Crippen LogP contribution in [0.1, 0.15) is 52.4 Å². The van der Waals surface area contributed by atoms with Crippen molar-refractivity contribution in [1.29, 1.82) is 0 Å². The second-order valence-corrected chi connectivity index (χ2v) is 8.95. The fraction of sp³-hybridized carbons (Fsp3) is 0.938. The summed E-state index contributed by atoms with van der Waals surface area (Å²) in [6.45, 7) is 4.19. The molecule has 2 saturated heterocycles. The van der Waals surface area contributed by atoms with Crippen LogP contribution in [-0.2, 0) is 14.3 Å². The first kappa shape index (κ1) is 13.4. The summed E-state index contributed by atoms with van der Waals surface area (Å²) in [4.78, 5) is 12.4. The lowest BCUT2D eigenvalue weighted by Crippen LogP contribution is -2.41. The Kier molecular flexibility index (Phi) is 3.12. The fourth-order valence-corrected chi connectivity index (χ4v) is 5.30. The van der Waals surface area contributed by atoms with Crippen molar-refractivity contribution in [3.8, 4) is 0 Å². The summed E-state index contributed by atoms with van der Waals surface area (Å²) in [5.41, 5.74) is -0.332. The van der Waals surface area contributed by atoms with E-state index >= 15 is 0 Å². The van der Waals surface area contributed by atoms with Gasteiger partial charge in [-0.1, -0.05) is 0 Å². The molecular weight excluding hydrogens is 272 g/mol. The molecule has 4 aliphatic rings. The first-order valence-corrected chi connectivity index (χ1v) is 9.01. The van der Waals surface area contributed by atoms with Gasteiger partial charge in [0.15, 0.2) is 0 Å². The number of thioether (sulfide) groups is 1. The van der Waals surface area contributed by atoms with Crippen LogP contribution in [-0.4, -0.2) is 34.3 Å². The van der Waals surface area contributed by atoms with Crippen molar-refractivity contribution in [2.45, 2.75) is 80.7 Å². The van der Waals surface area contributed by atoms with Crippen molar-refractivity contribution in [2.24, 2.45) is 11.8 Å². The van der Waals surface area contributed by atoms with E-state index < -0.39 is 0 Å². The first-order chi connectivity index (χ1) is 9.53. The average Bonchev–Trinajstić information content (AvgIpc) is 3.30. The molecule has 0 amide bonds. The average molecular weight is 296 g/mol. The maximum Gasteiger partial charge on any atom is 0.309 e. The Bertz CT molecular complexity index is 422. The van der Waals surface area contributed by atoms with E-state index in [0.29, 0.717) is 18.1 Å². The van der Waals surface area contributed by atoms with Crippen LogP contribution in [0.2, 0.25) is 0 Å². The van der Waals surface area contributed by atoms with Crippen molar-refractivity contribution in [3.63, 3.8) is 0 Å². The van der Waals surface area contributed by atoms with E-state index in [2.05, 4.69) is 13.8 Å². The normalized spacial score (nSPS) is 46.1. The summed E-state index contributed by atoms with van der Waals surface area (Å²) in [5, 5.41) is 1.61. The van der Waals surface area contributed by atoms with Crippen LogP contribution in [0.5, 0.6) is 0 Å². The van der Waals surface area contributed by atoms with Gasteiger partial charge >= 0.3 is 5.97 Å². The van der Waals surface area contributed by atoms with Gasteiger partial charge in [0, 0.05) is 16.4 Å². The number of epoxide rings is 1. The molecule has 0 N–H and O–H groups in total. The van der Waals surface area contributed by atoms with E-state index in [9.17, 15) is 4.79 Å². The van der Waals surface area contributed by atoms with E-state index in [1.807, 2.05) is 11.8 Å². The summed E-state index contributed by atoms with van der Waals surface area (Å²) in [7, 11) is 0. The van der Waals surface area contributed by atoms with E-state index in [0.717, 1.165) is 42.6 Å². The lowest BCUT2D eigenvalue weighted by atomic mass is 9.78.